The second kappa shape index (κ2) is 7.69. The van der Waals surface area contributed by atoms with E-state index in [9.17, 15) is 14.4 Å². The molecule has 4 fully saturated rings. The Hall–Kier alpha value is -2.61. The first-order valence-corrected chi connectivity index (χ1v) is 12.3. The van der Waals surface area contributed by atoms with Crippen LogP contribution in [0.3, 0.4) is 0 Å². The second-order valence-corrected chi connectivity index (χ2v) is 11.6. The zero-order chi connectivity index (χ0) is 25.4. The number of furan rings is 1. The molecule has 4 heterocycles. The molecule has 1 spiro atoms. The molecule has 1 aromatic rings. The van der Waals surface area contributed by atoms with Gasteiger partial charge in [-0.25, -0.2) is 0 Å². The van der Waals surface area contributed by atoms with Crippen molar-refractivity contribution < 1.29 is 37.7 Å². The Balaban J connectivity index is 1.65. The van der Waals surface area contributed by atoms with Crippen molar-refractivity contribution in [3.05, 3.63) is 36.3 Å². The lowest BCUT2D eigenvalue weighted by Gasteiger charge is -2.68. The smallest absolute Gasteiger partial charge is 0.309 e. The lowest BCUT2D eigenvalue weighted by molar-refractivity contribution is -0.290. The van der Waals surface area contributed by atoms with Gasteiger partial charge in [0.1, 0.15) is 17.3 Å². The third-order valence-corrected chi connectivity index (χ3v) is 9.59. The summed E-state index contributed by atoms with van der Waals surface area (Å²) < 4.78 is 29.1. The molecule has 190 valence electrons. The molecular weight excluding hydrogens is 452 g/mol. The first-order valence-electron chi connectivity index (χ1n) is 12.3. The van der Waals surface area contributed by atoms with Crippen LogP contribution in [-0.2, 0) is 33.3 Å². The minimum Gasteiger partial charge on any atom is -0.472 e. The topological polar surface area (TPSA) is 101 Å². The van der Waals surface area contributed by atoms with Gasteiger partial charge in [-0.2, -0.15) is 0 Å². The summed E-state index contributed by atoms with van der Waals surface area (Å²) in [5.74, 6) is -1.58. The number of rotatable bonds is 3. The summed E-state index contributed by atoms with van der Waals surface area (Å²) in [7, 11) is 1.36. The van der Waals surface area contributed by atoms with Crippen LogP contribution in [-0.4, -0.2) is 42.3 Å². The van der Waals surface area contributed by atoms with Crippen molar-refractivity contribution in [1.82, 2.24) is 0 Å². The maximum absolute atomic E-state index is 13.0. The Labute approximate surface area is 205 Å². The quantitative estimate of drug-likeness (QED) is 0.354. The first-order chi connectivity index (χ1) is 16.4. The highest BCUT2D eigenvalue weighted by molar-refractivity contribution is 5.75. The summed E-state index contributed by atoms with van der Waals surface area (Å²) in [6, 6.07) is 1.81. The van der Waals surface area contributed by atoms with Crippen LogP contribution in [0.15, 0.2) is 35.2 Å². The molecule has 35 heavy (non-hydrogen) atoms. The maximum Gasteiger partial charge on any atom is 0.309 e. The molecule has 1 aliphatic carbocycles. The minimum atomic E-state index is -1.01. The zero-order valence-corrected chi connectivity index (χ0v) is 21.1. The van der Waals surface area contributed by atoms with E-state index in [2.05, 4.69) is 20.4 Å². The summed E-state index contributed by atoms with van der Waals surface area (Å²) in [6.07, 6.45) is 3.63. The van der Waals surface area contributed by atoms with Crippen molar-refractivity contribution in [2.45, 2.75) is 83.2 Å². The van der Waals surface area contributed by atoms with Crippen molar-refractivity contribution in [1.29, 1.82) is 0 Å². The van der Waals surface area contributed by atoms with Gasteiger partial charge in [-0.05, 0) is 44.2 Å². The van der Waals surface area contributed by atoms with Crippen LogP contribution in [0.4, 0.5) is 0 Å². The monoisotopic (exact) mass is 486 g/mol. The van der Waals surface area contributed by atoms with Crippen LogP contribution in [0.5, 0.6) is 0 Å². The van der Waals surface area contributed by atoms with Gasteiger partial charge >= 0.3 is 17.9 Å². The number of fused-ring (bicyclic) bond motifs is 3. The average molecular weight is 487 g/mol. The van der Waals surface area contributed by atoms with E-state index in [4.69, 9.17) is 23.4 Å². The van der Waals surface area contributed by atoms with Gasteiger partial charge in [0, 0.05) is 22.3 Å². The van der Waals surface area contributed by atoms with Crippen molar-refractivity contribution in [2.24, 2.45) is 22.7 Å². The molecule has 2 bridgehead atoms. The minimum absolute atomic E-state index is 0.0277. The summed E-state index contributed by atoms with van der Waals surface area (Å²) in [6.45, 7) is 12.4. The van der Waals surface area contributed by atoms with E-state index in [1.54, 1.807) is 12.5 Å². The van der Waals surface area contributed by atoms with Gasteiger partial charge in [0.05, 0.1) is 45.0 Å². The van der Waals surface area contributed by atoms with Crippen LogP contribution in [0.1, 0.15) is 71.5 Å². The molecule has 3 saturated heterocycles. The van der Waals surface area contributed by atoms with E-state index < -0.39 is 34.2 Å². The predicted octanol–water partition coefficient (Wildman–Crippen LogP) is 4.29. The van der Waals surface area contributed by atoms with Crippen LogP contribution in [0, 0.1) is 22.7 Å². The van der Waals surface area contributed by atoms with Crippen LogP contribution >= 0.6 is 0 Å². The summed E-state index contributed by atoms with van der Waals surface area (Å²) in [5.41, 5.74) is -1.58. The molecule has 3 aliphatic heterocycles. The van der Waals surface area contributed by atoms with Gasteiger partial charge in [-0.1, -0.05) is 20.4 Å². The number of ether oxygens (including phenoxy) is 4. The van der Waals surface area contributed by atoms with Crippen molar-refractivity contribution in [3.8, 4) is 0 Å². The standard InChI is InChI=1S/C27H34O8/c1-15-17-7-9-25(4)23(16-8-10-32-14-16)33-22(30)13-27(15,25)34-19-12-21(29)35-24(2,3)18(26(17,19)5)11-20(28)31-6/h8,10,14,17-19,23H,1,7,9,11-13H2,2-6H3/t17-,18-,19+,23-,25-,26+,27-/m0/s1. The molecule has 0 unspecified atom stereocenters. The predicted molar refractivity (Wildman–Crippen MR) is 123 cm³/mol. The summed E-state index contributed by atoms with van der Waals surface area (Å²) >= 11 is 0. The van der Waals surface area contributed by atoms with Crippen molar-refractivity contribution >= 4 is 17.9 Å². The number of methoxy groups -OCH3 is 1. The van der Waals surface area contributed by atoms with Gasteiger partial charge in [-0.15, -0.1) is 0 Å². The summed E-state index contributed by atoms with van der Waals surface area (Å²) in [5, 5.41) is 0. The van der Waals surface area contributed by atoms with Crippen LogP contribution < -0.4 is 0 Å². The van der Waals surface area contributed by atoms with Crippen molar-refractivity contribution in [3.63, 3.8) is 0 Å². The van der Waals surface area contributed by atoms with E-state index >= 15 is 0 Å². The molecule has 1 aromatic heterocycles. The Bertz CT molecular complexity index is 1070. The van der Waals surface area contributed by atoms with Gasteiger partial charge < -0.3 is 23.4 Å². The average Bonchev–Trinajstić information content (AvgIpc) is 3.29. The molecule has 8 heteroatoms. The van der Waals surface area contributed by atoms with Gasteiger partial charge in [0.25, 0.3) is 0 Å². The van der Waals surface area contributed by atoms with Gasteiger partial charge in [-0.3, -0.25) is 14.4 Å². The SMILES string of the molecule is C=C1[C@@H]2CC[C@@]3(C)[C@H](c4ccoc4)OC(=O)C[C@]13O[C@@H]1CC(=O)OC(C)(C)[C@H](CC(=O)OC)[C@]12C. The largest absolute Gasteiger partial charge is 0.472 e. The molecule has 0 aromatic carbocycles. The molecule has 8 nitrogen and oxygen atoms in total. The van der Waals surface area contributed by atoms with E-state index in [0.29, 0.717) is 6.42 Å². The Morgan fingerprint density at radius 1 is 1.20 bits per heavy atom. The Morgan fingerprint density at radius 3 is 2.60 bits per heavy atom. The molecular formula is C27H34O8. The van der Waals surface area contributed by atoms with Gasteiger partial charge in [0.2, 0.25) is 0 Å². The van der Waals surface area contributed by atoms with E-state index in [0.717, 1.165) is 17.6 Å². The summed E-state index contributed by atoms with van der Waals surface area (Å²) in [4.78, 5) is 38.5. The normalized spacial score (nSPS) is 42.1. The molecule has 0 amide bonds. The highest BCUT2D eigenvalue weighted by Crippen LogP contribution is 2.70. The third kappa shape index (κ3) is 3.18. The molecule has 0 radical (unpaired) electrons. The number of cyclic esters (lactones) is 2. The number of hydrogen-bond acceptors (Lipinski definition) is 8. The highest BCUT2D eigenvalue weighted by atomic mass is 16.6. The number of hydrogen-bond donors (Lipinski definition) is 0. The van der Waals surface area contributed by atoms with Gasteiger partial charge in [0.15, 0.2) is 0 Å². The second-order valence-electron chi connectivity index (χ2n) is 11.6. The number of carbonyl (C=O) groups excluding carboxylic acids is 3. The zero-order valence-electron chi connectivity index (χ0n) is 21.1. The van der Waals surface area contributed by atoms with Crippen molar-refractivity contribution in [2.75, 3.05) is 7.11 Å². The lowest BCUT2D eigenvalue weighted by Crippen LogP contribution is -2.70. The maximum atomic E-state index is 13.0. The van der Waals surface area contributed by atoms with E-state index in [1.165, 1.54) is 7.11 Å². The fourth-order valence-corrected chi connectivity index (χ4v) is 7.78. The fraction of sp³-hybridized carbons (Fsp3) is 0.667. The lowest BCUT2D eigenvalue weighted by atomic mass is 9.45. The first kappa shape index (κ1) is 24.1. The van der Waals surface area contributed by atoms with Crippen LogP contribution in [0.2, 0.25) is 0 Å². The fourth-order valence-electron chi connectivity index (χ4n) is 7.78. The Morgan fingerprint density at radius 2 is 1.94 bits per heavy atom. The molecule has 4 aliphatic rings. The Kier molecular flexibility index (Phi) is 5.30. The van der Waals surface area contributed by atoms with E-state index in [1.807, 2.05) is 19.9 Å². The molecule has 5 rings (SSSR count). The number of esters is 3. The highest BCUT2D eigenvalue weighted by Gasteiger charge is 2.72. The van der Waals surface area contributed by atoms with Crippen LogP contribution in [0.25, 0.3) is 0 Å². The molecule has 1 saturated carbocycles. The number of carbonyl (C=O) groups is 3. The van der Waals surface area contributed by atoms with E-state index in [-0.39, 0.29) is 49.0 Å². The molecule has 0 N–H and O–H groups in total. The third-order valence-electron chi connectivity index (χ3n) is 9.59. The molecule has 7 atom stereocenters.